The monoisotopic (exact) mass is 346 g/mol. The van der Waals surface area contributed by atoms with Gasteiger partial charge in [-0.2, -0.15) is 5.10 Å². The minimum Gasteiger partial charge on any atom is -0.424 e. The maximum Gasteiger partial charge on any atom is 0.321 e. The van der Waals surface area contributed by atoms with Crippen molar-refractivity contribution in [3.63, 3.8) is 0 Å². The van der Waals surface area contributed by atoms with E-state index in [1.807, 2.05) is 47.5 Å². The second kappa shape index (κ2) is 7.18. The summed E-state index contributed by atoms with van der Waals surface area (Å²) in [5.41, 5.74) is 2.16. The number of aryl methyl sites for hydroxylation is 1. The molecule has 0 aliphatic heterocycles. The minimum absolute atomic E-state index is 0.328. The van der Waals surface area contributed by atoms with Crippen LogP contribution in [0.1, 0.15) is 12.5 Å². The van der Waals surface area contributed by atoms with Gasteiger partial charge in [-0.05, 0) is 37.3 Å². The molecule has 0 aliphatic carbocycles. The Morgan fingerprint density at radius 3 is 2.54 bits per heavy atom. The smallest absolute Gasteiger partial charge is 0.321 e. The molecule has 0 unspecified atom stereocenters. The van der Waals surface area contributed by atoms with Crippen LogP contribution in [-0.2, 0) is 13.1 Å². The summed E-state index contributed by atoms with van der Waals surface area (Å²) < 4.78 is 9.66. The van der Waals surface area contributed by atoms with Crippen molar-refractivity contribution in [3.8, 4) is 23.1 Å². The van der Waals surface area contributed by atoms with Gasteiger partial charge in [-0.3, -0.25) is 4.68 Å². The summed E-state index contributed by atoms with van der Waals surface area (Å²) in [5.74, 6) is 1.58. The van der Waals surface area contributed by atoms with Gasteiger partial charge in [0.15, 0.2) is 0 Å². The van der Waals surface area contributed by atoms with Gasteiger partial charge in [0.1, 0.15) is 11.6 Å². The zero-order chi connectivity index (χ0) is 17.8. The van der Waals surface area contributed by atoms with Crippen molar-refractivity contribution in [1.29, 1.82) is 0 Å². The number of rotatable bonds is 6. The predicted molar refractivity (Wildman–Crippen MR) is 96.8 cm³/mol. The van der Waals surface area contributed by atoms with E-state index in [0.29, 0.717) is 11.8 Å². The average molecular weight is 346 g/mol. The average Bonchev–Trinajstić information content (AvgIpc) is 3.33. The second-order valence-corrected chi connectivity index (χ2v) is 5.74. The molecule has 0 atom stereocenters. The molecule has 0 spiro atoms. The lowest BCUT2D eigenvalue weighted by atomic mass is 10.2. The molecule has 0 N–H and O–H groups in total. The standard InChI is InChI=1S/C19H18N6O/c1-2-25-14-15(12-23-25)13-24-11-10-20-18(24)16-4-6-17(7-5-16)26-19-21-8-3-9-22-19/h3-12,14H,2,13H2,1H3. The zero-order valence-corrected chi connectivity index (χ0v) is 14.4. The van der Waals surface area contributed by atoms with Crippen molar-refractivity contribution in [2.75, 3.05) is 0 Å². The van der Waals surface area contributed by atoms with E-state index in [2.05, 4.69) is 37.7 Å². The van der Waals surface area contributed by atoms with Gasteiger partial charge < -0.3 is 9.30 Å². The summed E-state index contributed by atoms with van der Waals surface area (Å²) in [5, 5.41) is 4.32. The van der Waals surface area contributed by atoms with Gasteiger partial charge in [0, 0.05) is 48.7 Å². The normalized spacial score (nSPS) is 10.8. The topological polar surface area (TPSA) is 70.7 Å². The lowest BCUT2D eigenvalue weighted by molar-refractivity contribution is 0.442. The van der Waals surface area contributed by atoms with Crippen LogP contribution >= 0.6 is 0 Å². The van der Waals surface area contributed by atoms with Crippen LogP contribution in [0.15, 0.2) is 67.5 Å². The molecule has 4 rings (SSSR count). The SMILES string of the molecule is CCn1cc(Cn2ccnc2-c2ccc(Oc3ncccn3)cc2)cn1. The molecule has 0 radical (unpaired) electrons. The Labute approximate surface area is 150 Å². The number of hydrogen-bond acceptors (Lipinski definition) is 5. The Kier molecular flexibility index (Phi) is 4.42. The molecule has 0 aliphatic rings. The highest BCUT2D eigenvalue weighted by atomic mass is 16.5. The van der Waals surface area contributed by atoms with Crippen LogP contribution < -0.4 is 4.74 Å². The largest absolute Gasteiger partial charge is 0.424 e. The van der Waals surface area contributed by atoms with Gasteiger partial charge in [-0.25, -0.2) is 15.0 Å². The first-order chi connectivity index (χ1) is 12.8. The van der Waals surface area contributed by atoms with Crippen molar-refractivity contribution in [3.05, 3.63) is 73.1 Å². The summed E-state index contributed by atoms with van der Waals surface area (Å²) in [6.45, 7) is 3.67. The van der Waals surface area contributed by atoms with Crippen molar-refractivity contribution in [2.24, 2.45) is 0 Å². The molecule has 0 saturated heterocycles. The van der Waals surface area contributed by atoms with Gasteiger partial charge in [0.2, 0.25) is 0 Å². The van der Waals surface area contributed by atoms with E-state index in [4.69, 9.17) is 4.74 Å². The zero-order valence-electron chi connectivity index (χ0n) is 14.4. The van der Waals surface area contributed by atoms with Crippen LogP contribution in [-0.4, -0.2) is 29.3 Å². The highest BCUT2D eigenvalue weighted by molar-refractivity contribution is 5.57. The first kappa shape index (κ1) is 16.0. The van der Waals surface area contributed by atoms with Crippen molar-refractivity contribution in [1.82, 2.24) is 29.3 Å². The van der Waals surface area contributed by atoms with E-state index in [1.165, 1.54) is 0 Å². The number of ether oxygens (including phenoxy) is 1. The highest BCUT2D eigenvalue weighted by Gasteiger charge is 2.08. The van der Waals surface area contributed by atoms with Crippen LogP contribution in [0.25, 0.3) is 11.4 Å². The number of imidazole rings is 1. The lowest BCUT2D eigenvalue weighted by Gasteiger charge is -2.08. The summed E-state index contributed by atoms with van der Waals surface area (Å²) in [6.07, 6.45) is 11.0. The van der Waals surface area contributed by atoms with Gasteiger partial charge in [0.05, 0.1) is 12.7 Å². The van der Waals surface area contributed by atoms with Crippen LogP contribution in [0.3, 0.4) is 0 Å². The number of benzene rings is 1. The molecule has 0 amide bonds. The van der Waals surface area contributed by atoms with Gasteiger partial charge >= 0.3 is 6.01 Å². The van der Waals surface area contributed by atoms with Crippen LogP contribution in [0.4, 0.5) is 0 Å². The van der Waals surface area contributed by atoms with E-state index in [9.17, 15) is 0 Å². The predicted octanol–water partition coefficient (Wildman–Crippen LogP) is 3.40. The second-order valence-electron chi connectivity index (χ2n) is 5.74. The van der Waals surface area contributed by atoms with Gasteiger partial charge in [0.25, 0.3) is 0 Å². The van der Waals surface area contributed by atoms with E-state index < -0.39 is 0 Å². The van der Waals surface area contributed by atoms with E-state index in [-0.39, 0.29) is 0 Å². The summed E-state index contributed by atoms with van der Waals surface area (Å²) in [4.78, 5) is 12.6. The van der Waals surface area contributed by atoms with Crippen molar-refractivity contribution in [2.45, 2.75) is 20.0 Å². The molecule has 3 heterocycles. The molecule has 0 fully saturated rings. The Morgan fingerprint density at radius 2 is 1.81 bits per heavy atom. The molecular formula is C19H18N6O. The minimum atomic E-state index is 0.328. The Bertz CT molecular complexity index is 975. The van der Waals surface area contributed by atoms with Gasteiger partial charge in [-0.15, -0.1) is 0 Å². The molecule has 3 aromatic heterocycles. The molecule has 130 valence electrons. The summed E-state index contributed by atoms with van der Waals surface area (Å²) in [6, 6.07) is 9.81. The molecule has 7 heteroatoms. The van der Waals surface area contributed by atoms with E-state index in [0.717, 1.165) is 30.0 Å². The maximum absolute atomic E-state index is 5.63. The van der Waals surface area contributed by atoms with Crippen molar-refractivity contribution >= 4 is 0 Å². The van der Waals surface area contributed by atoms with Crippen LogP contribution in [0.5, 0.6) is 11.8 Å². The third-order valence-corrected chi connectivity index (χ3v) is 3.94. The summed E-state index contributed by atoms with van der Waals surface area (Å²) in [7, 11) is 0. The lowest BCUT2D eigenvalue weighted by Crippen LogP contribution is -2.00. The molecule has 1 aromatic carbocycles. The Morgan fingerprint density at radius 1 is 1.00 bits per heavy atom. The fourth-order valence-electron chi connectivity index (χ4n) is 2.67. The van der Waals surface area contributed by atoms with E-state index >= 15 is 0 Å². The fourth-order valence-corrected chi connectivity index (χ4v) is 2.67. The summed E-state index contributed by atoms with van der Waals surface area (Å²) >= 11 is 0. The first-order valence-electron chi connectivity index (χ1n) is 8.39. The van der Waals surface area contributed by atoms with E-state index in [1.54, 1.807) is 18.5 Å². The first-order valence-corrected chi connectivity index (χ1v) is 8.39. The molecule has 26 heavy (non-hydrogen) atoms. The maximum atomic E-state index is 5.63. The highest BCUT2D eigenvalue weighted by Crippen LogP contribution is 2.23. The third-order valence-electron chi connectivity index (χ3n) is 3.94. The number of nitrogens with zero attached hydrogens (tertiary/aromatic N) is 6. The quantitative estimate of drug-likeness (QED) is 0.535. The Balaban J connectivity index is 1.52. The molecule has 4 aromatic rings. The van der Waals surface area contributed by atoms with Gasteiger partial charge in [-0.1, -0.05) is 0 Å². The molecular weight excluding hydrogens is 328 g/mol. The molecule has 0 bridgehead atoms. The van der Waals surface area contributed by atoms with Crippen LogP contribution in [0, 0.1) is 0 Å². The van der Waals surface area contributed by atoms with Crippen molar-refractivity contribution < 1.29 is 4.74 Å². The number of hydrogen-bond donors (Lipinski definition) is 0. The molecule has 0 saturated carbocycles. The van der Waals surface area contributed by atoms with Crippen LogP contribution in [0.2, 0.25) is 0 Å². The Hall–Kier alpha value is -3.48. The fraction of sp³-hybridized carbons (Fsp3) is 0.158. The third kappa shape index (κ3) is 3.46. The molecule has 7 nitrogen and oxygen atoms in total. The number of aromatic nitrogens is 6.